The first-order chi connectivity index (χ1) is 13.7. The van der Waals surface area contributed by atoms with Gasteiger partial charge in [-0.15, -0.1) is 11.3 Å². The highest BCUT2D eigenvalue weighted by Crippen LogP contribution is 2.29. The fourth-order valence-corrected chi connectivity index (χ4v) is 3.91. The van der Waals surface area contributed by atoms with E-state index < -0.39 is 0 Å². The topological polar surface area (TPSA) is 106 Å². The zero-order valence-electron chi connectivity index (χ0n) is 16.8. The molecule has 0 spiro atoms. The summed E-state index contributed by atoms with van der Waals surface area (Å²) in [6.07, 6.45) is 0. The SMILES string of the molecule is CNC(=O)c1ccc(NC(=O)c2sc(-c3c(C)c(C)nn(C)c3=O)nc2C)cc1. The molecule has 3 rings (SSSR count). The summed E-state index contributed by atoms with van der Waals surface area (Å²) in [5.74, 6) is -0.519. The highest BCUT2D eigenvalue weighted by molar-refractivity contribution is 7.17. The van der Waals surface area contributed by atoms with E-state index in [1.165, 1.54) is 16.0 Å². The predicted molar refractivity (Wildman–Crippen MR) is 113 cm³/mol. The minimum atomic E-state index is -0.320. The van der Waals surface area contributed by atoms with Gasteiger partial charge in [0.2, 0.25) is 0 Å². The van der Waals surface area contributed by atoms with E-state index in [0.29, 0.717) is 32.4 Å². The molecule has 0 saturated carbocycles. The van der Waals surface area contributed by atoms with Gasteiger partial charge in [0.05, 0.1) is 17.0 Å². The van der Waals surface area contributed by atoms with Crippen LogP contribution in [-0.2, 0) is 7.05 Å². The van der Waals surface area contributed by atoms with Crippen LogP contribution in [0.3, 0.4) is 0 Å². The third-order valence-corrected chi connectivity index (χ3v) is 5.75. The average Bonchev–Trinajstić information content (AvgIpc) is 3.08. The second kappa shape index (κ2) is 7.96. The fourth-order valence-electron chi connectivity index (χ4n) is 2.85. The van der Waals surface area contributed by atoms with Gasteiger partial charge in [-0.25, -0.2) is 9.67 Å². The maximum atomic E-state index is 12.7. The summed E-state index contributed by atoms with van der Waals surface area (Å²) in [4.78, 5) is 41.8. The Morgan fingerprint density at radius 3 is 2.31 bits per heavy atom. The summed E-state index contributed by atoms with van der Waals surface area (Å²) in [6, 6.07) is 6.58. The maximum Gasteiger partial charge on any atom is 0.277 e. The molecule has 0 unspecified atom stereocenters. The number of amides is 2. The molecule has 0 bridgehead atoms. The van der Waals surface area contributed by atoms with E-state index >= 15 is 0 Å². The number of anilines is 1. The molecule has 2 heterocycles. The molecule has 1 aromatic carbocycles. The zero-order valence-corrected chi connectivity index (χ0v) is 17.6. The lowest BCUT2D eigenvalue weighted by atomic mass is 10.1. The highest BCUT2D eigenvalue weighted by Gasteiger charge is 2.21. The van der Waals surface area contributed by atoms with Crippen LogP contribution in [-0.4, -0.2) is 33.6 Å². The Kier molecular flexibility index (Phi) is 5.60. The molecule has 0 aliphatic rings. The number of aryl methyl sites for hydroxylation is 3. The summed E-state index contributed by atoms with van der Waals surface area (Å²) < 4.78 is 1.28. The Balaban J connectivity index is 1.90. The Morgan fingerprint density at radius 2 is 1.69 bits per heavy atom. The van der Waals surface area contributed by atoms with E-state index in [1.54, 1.807) is 45.3 Å². The van der Waals surface area contributed by atoms with Crippen molar-refractivity contribution in [2.45, 2.75) is 20.8 Å². The van der Waals surface area contributed by atoms with Gasteiger partial charge in [0.15, 0.2) is 0 Å². The molecule has 29 heavy (non-hydrogen) atoms. The molecule has 0 saturated heterocycles. The van der Waals surface area contributed by atoms with Crippen molar-refractivity contribution in [1.29, 1.82) is 0 Å². The molecule has 2 N–H and O–H groups in total. The lowest BCUT2D eigenvalue weighted by Gasteiger charge is -2.07. The average molecular weight is 411 g/mol. The number of carbonyl (C=O) groups is 2. The Morgan fingerprint density at radius 1 is 1.03 bits per heavy atom. The molecular formula is C20H21N5O3S. The molecule has 8 nitrogen and oxygen atoms in total. The first kappa shape index (κ1) is 20.4. The summed E-state index contributed by atoms with van der Waals surface area (Å²) >= 11 is 1.17. The molecule has 150 valence electrons. The van der Waals surface area contributed by atoms with Crippen molar-refractivity contribution in [3.05, 3.63) is 62.0 Å². The Bertz CT molecular complexity index is 1160. The normalized spacial score (nSPS) is 10.7. The molecule has 0 aliphatic carbocycles. The number of rotatable bonds is 4. The Labute approximate surface area is 171 Å². The summed E-state index contributed by atoms with van der Waals surface area (Å²) in [5.41, 5.74) is 3.29. The minimum Gasteiger partial charge on any atom is -0.355 e. The zero-order chi connectivity index (χ0) is 21.3. The van der Waals surface area contributed by atoms with E-state index in [2.05, 4.69) is 20.7 Å². The van der Waals surface area contributed by atoms with Gasteiger partial charge in [-0.1, -0.05) is 0 Å². The molecule has 2 aromatic heterocycles. The summed E-state index contributed by atoms with van der Waals surface area (Å²) in [6.45, 7) is 5.38. The van der Waals surface area contributed by atoms with Crippen LogP contribution in [0.15, 0.2) is 29.1 Å². The molecule has 2 amide bonds. The number of hydrogen-bond acceptors (Lipinski definition) is 6. The van der Waals surface area contributed by atoms with Gasteiger partial charge in [0, 0.05) is 25.3 Å². The van der Waals surface area contributed by atoms with Gasteiger partial charge in [0.1, 0.15) is 9.88 Å². The van der Waals surface area contributed by atoms with Crippen molar-refractivity contribution >= 4 is 28.8 Å². The third-order valence-electron chi connectivity index (χ3n) is 4.57. The van der Waals surface area contributed by atoms with Crippen LogP contribution in [0.2, 0.25) is 0 Å². The number of benzene rings is 1. The van der Waals surface area contributed by atoms with Gasteiger partial charge in [-0.2, -0.15) is 5.10 Å². The highest BCUT2D eigenvalue weighted by atomic mass is 32.1. The standard InChI is InChI=1S/C20H21N5O3S/c1-10-11(2)24-25(5)20(28)15(10)19-22-12(3)16(29-19)18(27)23-14-8-6-13(7-9-14)17(26)21-4/h6-9H,1-5H3,(H,21,26)(H,23,27). The van der Waals surface area contributed by atoms with Gasteiger partial charge in [0.25, 0.3) is 17.4 Å². The van der Waals surface area contributed by atoms with Crippen LogP contribution in [0.4, 0.5) is 5.69 Å². The number of thiazole rings is 1. The van der Waals surface area contributed by atoms with Crippen molar-refractivity contribution in [2.75, 3.05) is 12.4 Å². The first-order valence-corrected chi connectivity index (χ1v) is 9.70. The van der Waals surface area contributed by atoms with Crippen LogP contribution in [0.25, 0.3) is 10.6 Å². The first-order valence-electron chi connectivity index (χ1n) is 8.88. The van der Waals surface area contributed by atoms with Gasteiger partial charge in [-0.3, -0.25) is 14.4 Å². The van der Waals surface area contributed by atoms with E-state index in [4.69, 9.17) is 0 Å². The van der Waals surface area contributed by atoms with Crippen LogP contribution < -0.4 is 16.2 Å². The number of hydrogen-bond donors (Lipinski definition) is 2. The Hall–Kier alpha value is -3.33. The molecule has 0 atom stereocenters. The fraction of sp³-hybridized carbons (Fsp3) is 0.250. The maximum absolute atomic E-state index is 12.7. The minimum absolute atomic E-state index is 0.199. The van der Waals surface area contributed by atoms with Crippen molar-refractivity contribution in [3.8, 4) is 10.6 Å². The van der Waals surface area contributed by atoms with Crippen LogP contribution in [0.1, 0.15) is 37.0 Å². The molecular weight excluding hydrogens is 390 g/mol. The lowest BCUT2D eigenvalue weighted by molar-refractivity contribution is 0.0962. The second-order valence-electron chi connectivity index (χ2n) is 6.56. The van der Waals surface area contributed by atoms with Crippen molar-refractivity contribution in [3.63, 3.8) is 0 Å². The monoisotopic (exact) mass is 411 g/mol. The lowest BCUT2D eigenvalue weighted by Crippen LogP contribution is -2.23. The van der Waals surface area contributed by atoms with Crippen molar-refractivity contribution in [1.82, 2.24) is 20.1 Å². The third kappa shape index (κ3) is 3.95. The van der Waals surface area contributed by atoms with E-state index in [1.807, 2.05) is 13.8 Å². The number of aromatic nitrogens is 3. The number of nitrogens with one attached hydrogen (secondary N) is 2. The largest absolute Gasteiger partial charge is 0.355 e. The summed E-state index contributed by atoms with van der Waals surface area (Å²) in [7, 11) is 3.15. The van der Waals surface area contributed by atoms with Crippen molar-refractivity contribution in [2.24, 2.45) is 7.05 Å². The van der Waals surface area contributed by atoms with E-state index in [9.17, 15) is 14.4 Å². The quantitative estimate of drug-likeness (QED) is 0.686. The molecule has 0 aliphatic heterocycles. The van der Waals surface area contributed by atoms with Crippen LogP contribution >= 0.6 is 11.3 Å². The van der Waals surface area contributed by atoms with Gasteiger partial charge < -0.3 is 10.6 Å². The number of nitrogens with zero attached hydrogens (tertiary/aromatic N) is 3. The smallest absolute Gasteiger partial charge is 0.277 e. The number of carbonyl (C=O) groups excluding carboxylic acids is 2. The van der Waals surface area contributed by atoms with Crippen LogP contribution in [0, 0.1) is 20.8 Å². The molecule has 0 fully saturated rings. The second-order valence-corrected chi connectivity index (χ2v) is 7.56. The van der Waals surface area contributed by atoms with E-state index in [-0.39, 0.29) is 17.4 Å². The van der Waals surface area contributed by atoms with Gasteiger partial charge in [-0.05, 0) is 50.6 Å². The van der Waals surface area contributed by atoms with Gasteiger partial charge >= 0.3 is 0 Å². The molecule has 0 radical (unpaired) electrons. The predicted octanol–water partition coefficient (Wildman–Crippen LogP) is 2.44. The molecule has 3 aromatic rings. The van der Waals surface area contributed by atoms with E-state index in [0.717, 1.165) is 11.3 Å². The van der Waals surface area contributed by atoms with Crippen LogP contribution in [0.5, 0.6) is 0 Å². The van der Waals surface area contributed by atoms with Crippen molar-refractivity contribution < 1.29 is 9.59 Å². The summed E-state index contributed by atoms with van der Waals surface area (Å²) in [5, 5.41) is 10.0. The molecule has 9 heteroatoms.